The quantitative estimate of drug-likeness (QED) is 0.720. The SMILES string of the molecule is [CH2]CN(c1ccco1)c1ccco1. The maximum absolute atomic E-state index is 5.24. The number of furan rings is 2. The first-order chi connectivity index (χ1) is 6.42. The first kappa shape index (κ1) is 7.98. The molecule has 2 rings (SSSR count). The molecule has 67 valence electrons. The lowest BCUT2D eigenvalue weighted by atomic mass is 10.5. The lowest BCUT2D eigenvalue weighted by molar-refractivity contribution is 0.527. The van der Waals surface area contributed by atoms with E-state index in [0.717, 1.165) is 11.8 Å². The van der Waals surface area contributed by atoms with Gasteiger partial charge < -0.3 is 8.83 Å². The van der Waals surface area contributed by atoms with Gasteiger partial charge in [-0.3, -0.25) is 4.90 Å². The number of hydrogen-bond donors (Lipinski definition) is 0. The van der Waals surface area contributed by atoms with Gasteiger partial charge >= 0.3 is 0 Å². The van der Waals surface area contributed by atoms with Gasteiger partial charge in [-0.05, 0) is 19.1 Å². The molecule has 0 aromatic carbocycles. The highest BCUT2D eigenvalue weighted by atomic mass is 16.4. The molecule has 0 bridgehead atoms. The van der Waals surface area contributed by atoms with E-state index < -0.39 is 0 Å². The Morgan fingerprint density at radius 3 is 1.92 bits per heavy atom. The van der Waals surface area contributed by atoms with Crippen molar-refractivity contribution >= 4 is 11.8 Å². The van der Waals surface area contributed by atoms with Gasteiger partial charge in [-0.25, -0.2) is 0 Å². The second-order valence-corrected chi connectivity index (χ2v) is 2.55. The molecule has 0 fully saturated rings. The van der Waals surface area contributed by atoms with E-state index in [-0.39, 0.29) is 0 Å². The summed E-state index contributed by atoms with van der Waals surface area (Å²) in [6.45, 7) is 4.37. The summed E-state index contributed by atoms with van der Waals surface area (Å²) in [4.78, 5) is 1.85. The van der Waals surface area contributed by atoms with Crippen molar-refractivity contribution in [3.63, 3.8) is 0 Å². The van der Waals surface area contributed by atoms with Crippen LogP contribution in [0.4, 0.5) is 11.8 Å². The van der Waals surface area contributed by atoms with Crippen molar-refractivity contribution in [2.75, 3.05) is 11.4 Å². The predicted octanol–water partition coefficient (Wildman–Crippen LogP) is 2.84. The normalized spacial score (nSPS) is 10.2. The summed E-state index contributed by atoms with van der Waals surface area (Å²) < 4.78 is 10.5. The summed E-state index contributed by atoms with van der Waals surface area (Å²) in [5.41, 5.74) is 0. The van der Waals surface area contributed by atoms with Crippen molar-refractivity contribution in [3.8, 4) is 0 Å². The Bertz CT molecular complexity index is 303. The summed E-state index contributed by atoms with van der Waals surface area (Å²) in [6, 6.07) is 7.41. The van der Waals surface area contributed by atoms with Crippen LogP contribution in [-0.2, 0) is 0 Å². The molecule has 0 aliphatic heterocycles. The van der Waals surface area contributed by atoms with Gasteiger partial charge in [0.15, 0.2) is 0 Å². The van der Waals surface area contributed by atoms with Crippen molar-refractivity contribution in [1.82, 2.24) is 0 Å². The lowest BCUT2D eigenvalue weighted by Gasteiger charge is -2.15. The average Bonchev–Trinajstić information content (AvgIpc) is 2.76. The first-order valence-electron chi connectivity index (χ1n) is 4.05. The molecule has 2 aromatic rings. The zero-order chi connectivity index (χ0) is 9.10. The molecule has 0 unspecified atom stereocenters. The molecule has 0 atom stereocenters. The fourth-order valence-corrected chi connectivity index (χ4v) is 1.18. The van der Waals surface area contributed by atoms with Crippen LogP contribution in [0.5, 0.6) is 0 Å². The maximum Gasteiger partial charge on any atom is 0.201 e. The number of anilines is 2. The lowest BCUT2D eigenvalue weighted by Crippen LogP contribution is -2.14. The first-order valence-corrected chi connectivity index (χ1v) is 4.05. The second kappa shape index (κ2) is 3.39. The summed E-state index contributed by atoms with van der Waals surface area (Å²) in [5.74, 6) is 1.48. The van der Waals surface area contributed by atoms with Crippen LogP contribution in [0.25, 0.3) is 0 Å². The molecule has 1 radical (unpaired) electrons. The second-order valence-electron chi connectivity index (χ2n) is 2.55. The minimum atomic E-state index is 0.570. The Morgan fingerprint density at radius 1 is 1.08 bits per heavy atom. The maximum atomic E-state index is 5.24. The largest absolute Gasteiger partial charge is 0.448 e. The molecule has 3 nitrogen and oxygen atoms in total. The zero-order valence-corrected chi connectivity index (χ0v) is 7.14. The third-order valence-electron chi connectivity index (χ3n) is 1.77. The molecule has 0 aliphatic rings. The van der Waals surface area contributed by atoms with Gasteiger partial charge in [-0.1, -0.05) is 0 Å². The Balaban J connectivity index is 2.29. The van der Waals surface area contributed by atoms with Gasteiger partial charge in [-0.15, -0.1) is 0 Å². The topological polar surface area (TPSA) is 29.5 Å². The Labute approximate surface area is 76.6 Å². The smallest absolute Gasteiger partial charge is 0.201 e. The molecule has 2 heterocycles. The fourth-order valence-electron chi connectivity index (χ4n) is 1.18. The molecular formula is C10H10NO2. The minimum Gasteiger partial charge on any atom is -0.448 e. The molecule has 13 heavy (non-hydrogen) atoms. The average molecular weight is 176 g/mol. The van der Waals surface area contributed by atoms with Gasteiger partial charge in [0.25, 0.3) is 0 Å². The molecular weight excluding hydrogens is 166 g/mol. The van der Waals surface area contributed by atoms with Crippen LogP contribution >= 0.6 is 0 Å². The molecule has 2 aromatic heterocycles. The van der Waals surface area contributed by atoms with Gasteiger partial charge in [0.05, 0.1) is 12.5 Å². The molecule has 0 amide bonds. The van der Waals surface area contributed by atoms with E-state index >= 15 is 0 Å². The Kier molecular flexibility index (Phi) is 2.08. The highest BCUT2D eigenvalue weighted by Crippen LogP contribution is 2.25. The van der Waals surface area contributed by atoms with Crippen LogP contribution in [0.1, 0.15) is 0 Å². The molecule has 0 spiro atoms. The predicted molar refractivity (Wildman–Crippen MR) is 49.8 cm³/mol. The summed E-state index contributed by atoms with van der Waals surface area (Å²) in [6.07, 6.45) is 3.25. The summed E-state index contributed by atoms with van der Waals surface area (Å²) in [7, 11) is 0. The fraction of sp³-hybridized carbons (Fsp3) is 0.100. The standard InChI is InChI=1S/C10H10NO2/c1-2-11(9-5-3-7-12-9)10-6-4-8-13-10/h3-8H,1-2H2. The Hall–Kier alpha value is -1.64. The van der Waals surface area contributed by atoms with Gasteiger partial charge in [0, 0.05) is 18.7 Å². The van der Waals surface area contributed by atoms with E-state index in [0.29, 0.717) is 6.54 Å². The molecule has 3 heteroatoms. The number of hydrogen-bond acceptors (Lipinski definition) is 3. The third-order valence-corrected chi connectivity index (χ3v) is 1.77. The van der Waals surface area contributed by atoms with Crippen molar-refractivity contribution in [2.24, 2.45) is 0 Å². The van der Waals surface area contributed by atoms with Gasteiger partial charge in [0.1, 0.15) is 0 Å². The van der Waals surface area contributed by atoms with E-state index in [9.17, 15) is 0 Å². The number of nitrogens with zero attached hydrogens (tertiary/aromatic N) is 1. The van der Waals surface area contributed by atoms with E-state index in [1.165, 1.54) is 0 Å². The monoisotopic (exact) mass is 176 g/mol. The van der Waals surface area contributed by atoms with Crippen LogP contribution in [0.2, 0.25) is 0 Å². The van der Waals surface area contributed by atoms with Crippen molar-refractivity contribution in [2.45, 2.75) is 0 Å². The molecule has 0 aliphatic carbocycles. The van der Waals surface area contributed by atoms with Crippen molar-refractivity contribution in [1.29, 1.82) is 0 Å². The van der Waals surface area contributed by atoms with Crippen molar-refractivity contribution in [3.05, 3.63) is 43.7 Å². The molecule has 0 saturated heterocycles. The molecule has 0 N–H and O–H groups in total. The van der Waals surface area contributed by atoms with E-state index in [4.69, 9.17) is 8.83 Å². The van der Waals surface area contributed by atoms with Crippen LogP contribution in [0.15, 0.2) is 45.6 Å². The number of rotatable bonds is 3. The highest BCUT2D eigenvalue weighted by Gasteiger charge is 2.10. The third kappa shape index (κ3) is 1.45. The van der Waals surface area contributed by atoms with Gasteiger partial charge in [-0.2, -0.15) is 0 Å². The van der Waals surface area contributed by atoms with Crippen LogP contribution in [0.3, 0.4) is 0 Å². The summed E-state index contributed by atoms with van der Waals surface area (Å²) in [5, 5.41) is 0. The summed E-state index contributed by atoms with van der Waals surface area (Å²) >= 11 is 0. The van der Waals surface area contributed by atoms with Gasteiger partial charge in [0.2, 0.25) is 11.8 Å². The molecule has 0 saturated carbocycles. The van der Waals surface area contributed by atoms with Crippen molar-refractivity contribution < 1.29 is 8.83 Å². The van der Waals surface area contributed by atoms with Crippen LogP contribution in [-0.4, -0.2) is 6.54 Å². The van der Waals surface area contributed by atoms with E-state index in [2.05, 4.69) is 6.92 Å². The van der Waals surface area contributed by atoms with E-state index in [1.54, 1.807) is 12.5 Å². The van der Waals surface area contributed by atoms with Crippen LogP contribution in [0, 0.1) is 6.92 Å². The van der Waals surface area contributed by atoms with E-state index in [1.807, 2.05) is 29.2 Å². The van der Waals surface area contributed by atoms with Crippen LogP contribution < -0.4 is 4.90 Å². The minimum absolute atomic E-state index is 0.570. The zero-order valence-electron chi connectivity index (χ0n) is 7.14. The Morgan fingerprint density at radius 2 is 1.62 bits per heavy atom. The highest BCUT2D eigenvalue weighted by molar-refractivity contribution is 5.52.